The van der Waals surface area contributed by atoms with Crippen molar-refractivity contribution in [3.63, 3.8) is 0 Å². The highest BCUT2D eigenvalue weighted by molar-refractivity contribution is 14.0. The van der Waals surface area contributed by atoms with Gasteiger partial charge in [-0.1, -0.05) is 6.07 Å². The molecule has 0 radical (unpaired) electrons. The monoisotopic (exact) mass is 465 g/mol. The first-order chi connectivity index (χ1) is 11.5. The van der Waals surface area contributed by atoms with Crippen LogP contribution in [0, 0.1) is 17.5 Å². The van der Waals surface area contributed by atoms with Crippen molar-refractivity contribution >= 4 is 29.9 Å². The van der Waals surface area contributed by atoms with Gasteiger partial charge in [-0.05, 0) is 42.8 Å². The van der Waals surface area contributed by atoms with Gasteiger partial charge in [-0.2, -0.15) is 0 Å². The molecule has 0 aliphatic rings. The zero-order valence-corrected chi connectivity index (χ0v) is 15.9. The van der Waals surface area contributed by atoms with E-state index in [1.54, 1.807) is 6.07 Å². The number of benzene rings is 2. The standard InChI is InChI=1S/C17H18F3N3O.HI/c1-2-21-17(22-9-11-3-6-16(24)15(20)7-11)23-10-12-8-13(18)4-5-14(12)19;/h3-8,24H,2,9-10H2,1H3,(H2,21,22,23);1H. The molecule has 3 N–H and O–H groups in total. The predicted octanol–water partition coefficient (Wildman–Crippen LogP) is 3.68. The van der Waals surface area contributed by atoms with Gasteiger partial charge in [0.25, 0.3) is 0 Å². The van der Waals surface area contributed by atoms with E-state index in [1.807, 2.05) is 6.92 Å². The van der Waals surface area contributed by atoms with Crippen molar-refractivity contribution in [2.75, 3.05) is 6.54 Å². The number of nitrogens with zero attached hydrogens (tertiary/aromatic N) is 1. The molecule has 8 heteroatoms. The van der Waals surface area contributed by atoms with Crippen molar-refractivity contribution in [2.24, 2.45) is 4.99 Å². The average molecular weight is 465 g/mol. The van der Waals surface area contributed by atoms with Crippen LogP contribution in [0.15, 0.2) is 41.4 Å². The van der Waals surface area contributed by atoms with Crippen LogP contribution in [-0.4, -0.2) is 17.6 Å². The van der Waals surface area contributed by atoms with Crippen molar-refractivity contribution in [2.45, 2.75) is 20.0 Å². The first-order valence-electron chi connectivity index (χ1n) is 7.43. The molecule has 2 aromatic rings. The quantitative estimate of drug-likeness (QED) is 0.359. The van der Waals surface area contributed by atoms with Gasteiger partial charge in [0.2, 0.25) is 0 Å². The predicted molar refractivity (Wildman–Crippen MR) is 101 cm³/mol. The summed E-state index contributed by atoms with van der Waals surface area (Å²) in [7, 11) is 0. The molecular formula is C17H19F3IN3O. The van der Waals surface area contributed by atoms with Crippen molar-refractivity contribution in [3.05, 3.63) is 65.0 Å². The van der Waals surface area contributed by atoms with E-state index in [0.717, 1.165) is 18.2 Å². The molecule has 4 nitrogen and oxygen atoms in total. The fourth-order valence-electron chi connectivity index (χ4n) is 2.02. The Morgan fingerprint density at radius 3 is 2.48 bits per heavy atom. The molecule has 25 heavy (non-hydrogen) atoms. The normalized spacial score (nSPS) is 11.0. The van der Waals surface area contributed by atoms with Gasteiger partial charge in [-0.15, -0.1) is 24.0 Å². The summed E-state index contributed by atoms with van der Waals surface area (Å²) in [6.07, 6.45) is 0. The SMILES string of the molecule is CCNC(=NCc1ccc(O)c(F)c1)NCc1cc(F)ccc1F.I. The molecule has 0 saturated carbocycles. The van der Waals surface area contributed by atoms with Gasteiger partial charge in [0, 0.05) is 18.7 Å². The highest BCUT2D eigenvalue weighted by Crippen LogP contribution is 2.16. The van der Waals surface area contributed by atoms with Crippen molar-refractivity contribution in [3.8, 4) is 5.75 Å². The number of aromatic hydroxyl groups is 1. The summed E-state index contributed by atoms with van der Waals surface area (Å²) < 4.78 is 40.1. The number of rotatable bonds is 5. The topological polar surface area (TPSA) is 56.7 Å². The summed E-state index contributed by atoms with van der Waals surface area (Å²) in [6.45, 7) is 2.65. The van der Waals surface area contributed by atoms with Crippen LogP contribution in [0.4, 0.5) is 13.2 Å². The Morgan fingerprint density at radius 1 is 1.04 bits per heavy atom. The molecular weight excluding hydrogens is 446 g/mol. The number of aliphatic imine (C=N–C) groups is 1. The van der Waals surface area contributed by atoms with Crippen LogP contribution in [0.3, 0.4) is 0 Å². The maximum Gasteiger partial charge on any atom is 0.191 e. The third-order valence-electron chi connectivity index (χ3n) is 3.23. The molecule has 0 amide bonds. The molecule has 2 rings (SSSR count). The molecule has 136 valence electrons. The van der Waals surface area contributed by atoms with Gasteiger partial charge in [-0.3, -0.25) is 0 Å². The minimum absolute atomic E-state index is 0. The fraction of sp³-hybridized carbons (Fsp3) is 0.235. The second kappa shape index (κ2) is 10.1. The number of guanidine groups is 1. The molecule has 0 heterocycles. The van der Waals surface area contributed by atoms with Gasteiger partial charge < -0.3 is 15.7 Å². The van der Waals surface area contributed by atoms with E-state index < -0.39 is 23.2 Å². The highest BCUT2D eigenvalue weighted by Gasteiger charge is 2.06. The summed E-state index contributed by atoms with van der Waals surface area (Å²) in [4.78, 5) is 4.25. The highest BCUT2D eigenvalue weighted by atomic mass is 127. The Labute approximate surface area is 161 Å². The molecule has 0 atom stereocenters. The van der Waals surface area contributed by atoms with E-state index in [4.69, 9.17) is 5.11 Å². The Kier molecular flexibility index (Phi) is 8.53. The van der Waals surface area contributed by atoms with Crippen LogP contribution >= 0.6 is 24.0 Å². The summed E-state index contributed by atoms with van der Waals surface area (Å²) >= 11 is 0. The van der Waals surface area contributed by atoms with Crippen molar-refractivity contribution in [1.29, 1.82) is 0 Å². The Hall–Kier alpha value is -1.97. The van der Waals surface area contributed by atoms with Gasteiger partial charge in [0.1, 0.15) is 11.6 Å². The fourth-order valence-corrected chi connectivity index (χ4v) is 2.02. The summed E-state index contributed by atoms with van der Waals surface area (Å²) in [5.41, 5.74) is 0.746. The van der Waals surface area contributed by atoms with Crippen molar-refractivity contribution < 1.29 is 18.3 Å². The molecule has 0 aliphatic carbocycles. The smallest absolute Gasteiger partial charge is 0.191 e. The van der Waals surface area contributed by atoms with E-state index in [0.29, 0.717) is 18.1 Å². The third kappa shape index (κ3) is 6.45. The maximum absolute atomic E-state index is 13.6. The molecule has 2 aromatic carbocycles. The lowest BCUT2D eigenvalue weighted by atomic mass is 10.2. The van der Waals surface area contributed by atoms with E-state index in [-0.39, 0.29) is 42.6 Å². The second-order valence-electron chi connectivity index (χ2n) is 5.07. The third-order valence-corrected chi connectivity index (χ3v) is 3.23. The Bertz CT molecular complexity index is 741. The van der Waals surface area contributed by atoms with Crippen LogP contribution in [-0.2, 0) is 13.1 Å². The number of nitrogens with one attached hydrogen (secondary N) is 2. The lowest BCUT2D eigenvalue weighted by Crippen LogP contribution is -2.37. The van der Waals surface area contributed by atoms with Crippen LogP contribution in [0.5, 0.6) is 5.75 Å². The van der Waals surface area contributed by atoms with Crippen LogP contribution in [0.2, 0.25) is 0 Å². The summed E-state index contributed by atoms with van der Waals surface area (Å²) in [5, 5.41) is 15.0. The van der Waals surface area contributed by atoms with Gasteiger partial charge in [-0.25, -0.2) is 18.2 Å². The molecule has 0 aliphatic heterocycles. The average Bonchev–Trinajstić information content (AvgIpc) is 2.56. The maximum atomic E-state index is 13.6. The number of phenolic OH excluding ortho intramolecular Hbond substituents is 1. The van der Waals surface area contributed by atoms with E-state index in [2.05, 4.69) is 15.6 Å². The molecule has 0 spiro atoms. The summed E-state index contributed by atoms with van der Waals surface area (Å²) in [5.74, 6) is -1.79. The zero-order chi connectivity index (χ0) is 17.5. The zero-order valence-electron chi connectivity index (χ0n) is 13.5. The molecule has 0 saturated heterocycles. The van der Waals surface area contributed by atoms with E-state index >= 15 is 0 Å². The Morgan fingerprint density at radius 2 is 1.80 bits per heavy atom. The molecule has 0 bridgehead atoms. The van der Waals surface area contributed by atoms with E-state index in [9.17, 15) is 13.2 Å². The molecule has 0 unspecified atom stereocenters. The first kappa shape index (κ1) is 21.1. The largest absolute Gasteiger partial charge is 0.505 e. The number of halogens is 4. The lowest BCUT2D eigenvalue weighted by Gasteiger charge is -2.12. The van der Waals surface area contributed by atoms with Crippen LogP contribution in [0.25, 0.3) is 0 Å². The van der Waals surface area contributed by atoms with Crippen LogP contribution in [0.1, 0.15) is 18.1 Å². The first-order valence-corrected chi connectivity index (χ1v) is 7.43. The molecule has 0 aromatic heterocycles. The summed E-state index contributed by atoms with van der Waals surface area (Å²) in [6, 6.07) is 7.23. The van der Waals surface area contributed by atoms with Gasteiger partial charge >= 0.3 is 0 Å². The minimum Gasteiger partial charge on any atom is -0.505 e. The minimum atomic E-state index is -0.720. The van der Waals surface area contributed by atoms with Crippen LogP contribution < -0.4 is 10.6 Å². The van der Waals surface area contributed by atoms with Gasteiger partial charge in [0.15, 0.2) is 17.5 Å². The van der Waals surface area contributed by atoms with Gasteiger partial charge in [0.05, 0.1) is 6.54 Å². The van der Waals surface area contributed by atoms with Crippen molar-refractivity contribution in [1.82, 2.24) is 10.6 Å². The Balaban J connectivity index is 0.00000312. The van der Waals surface area contributed by atoms with E-state index in [1.165, 1.54) is 12.1 Å². The number of hydrogen-bond acceptors (Lipinski definition) is 2. The number of phenols is 1. The number of hydrogen-bond donors (Lipinski definition) is 3. The lowest BCUT2D eigenvalue weighted by molar-refractivity contribution is 0.432. The molecule has 0 fully saturated rings. The second-order valence-corrected chi connectivity index (χ2v) is 5.07.